The first-order valence-corrected chi connectivity index (χ1v) is 19.4. The lowest BCUT2D eigenvalue weighted by atomic mass is 9.94. The van der Waals surface area contributed by atoms with Crippen LogP contribution in [0.15, 0.2) is 54.7 Å². The minimum Gasteiger partial charge on any atom is -0.489 e. The maximum absolute atomic E-state index is 14.9. The Kier molecular flexibility index (Phi) is 8.51. The molecule has 49 heavy (non-hydrogen) atoms. The van der Waals surface area contributed by atoms with Gasteiger partial charge in [-0.3, -0.25) is 4.79 Å². The lowest BCUT2D eigenvalue weighted by Gasteiger charge is -2.36. The summed E-state index contributed by atoms with van der Waals surface area (Å²) >= 11 is 0. The molecule has 0 amide bonds. The van der Waals surface area contributed by atoms with E-state index in [0.717, 1.165) is 33.1 Å². The summed E-state index contributed by atoms with van der Waals surface area (Å²) in [6.45, 7) is 19.0. The zero-order valence-corrected chi connectivity index (χ0v) is 30.9. The van der Waals surface area contributed by atoms with Crippen LogP contribution in [-0.2, 0) is 9.16 Å². The van der Waals surface area contributed by atoms with E-state index in [0.29, 0.717) is 34.9 Å². The fourth-order valence-electron chi connectivity index (χ4n) is 6.00. The number of aromatic nitrogens is 3. The fraction of sp³-hybridized carbons (Fsp3) is 0.395. The van der Waals surface area contributed by atoms with E-state index in [1.54, 1.807) is 24.4 Å². The normalized spacial score (nSPS) is 14.8. The molecule has 5 aromatic rings. The maximum atomic E-state index is 14.9. The van der Waals surface area contributed by atoms with E-state index in [1.165, 1.54) is 23.9 Å². The molecule has 0 saturated carbocycles. The molecule has 0 N–H and O–H groups in total. The van der Waals surface area contributed by atoms with Gasteiger partial charge in [0.2, 0.25) is 0 Å². The summed E-state index contributed by atoms with van der Waals surface area (Å²) in [6.07, 6.45) is 1.20. The molecule has 0 radical (unpaired) electrons. The minimum absolute atomic E-state index is 0.0425. The Morgan fingerprint density at radius 3 is 2.39 bits per heavy atom. The van der Waals surface area contributed by atoms with E-state index in [4.69, 9.17) is 18.6 Å². The Balaban J connectivity index is 1.56. The van der Waals surface area contributed by atoms with Crippen molar-refractivity contribution in [3.8, 4) is 28.3 Å². The quantitative estimate of drug-likeness (QED) is 0.0958. The van der Waals surface area contributed by atoms with Crippen LogP contribution in [-0.4, -0.2) is 54.9 Å². The fourth-order valence-corrected chi connectivity index (χ4v) is 7.03. The van der Waals surface area contributed by atoms with Crippen molar-refractivity contribution in [2.45, 2.75) is 72.7 Å². The van der Waals surface area contributed by atoms with Gasteiger partial charge in [-0.25, -0.2) is 9.18 Å². The van der Waals surface area contributed by atoms with Crippen LogP contribution in [0.3, 0.4) is 0 Å². The molecule has 0 aliphatic carbocycles. The Labute approximate surface area is 287 Å². The van der Waals surface area contributed by atoms with Crippen molar-refractivity contribution < 1.29 is 32.6 Å². The van der Waals surface area contributed by atoms with Crippen LogP contribution in [0.25, 0.3) is 38.6 Å². The van der Waals surface area contributed by atoms with Gasteiger partial charge in [-0.15, -0.1) is 0 Å². The van der Waals surface area contributed by atoms with Gasteiger partial charge >= 0.3 is 5.97 Å². The predicted octanol–water partition coefficient (Wildman–Crippen LogP) is 9.11. The Bertz CT molecular complexity index is 2120. The second-order valence-corrected chi connectivity index (χ2v) is 20.0. The number of methoxy groups -OCH3 is 1. The van der Waals surface area contributed by atoms with Gasteiger partial charge in [0.1, 0.15) is 30.0 Å². The van der Waals surface area contributed by atoms with Gasteiger partial charge in [0.05, 0.1) is 47.9 Å². The lowest BCUT2D eigenvalue weighted by molar-refractivity contribution is 0.0599. The summed E-state index contributed by atoms with van der Waals surface area (Å²) in [5, 5.41) is 6.14. The first kappa shape index (κ1) is 34.4. The van der Waals surface area contributed by atoms with Crippen molar-refractivity contribution in [3.63, 3.8) is 0 Å². The maximum Gasteiger partial charge on any atom is 0.337 e. The molecule has 3 aromatic carbocycles. The van der Waals surface area contributed by atoms with Gasteiger partial charge in [0.25, 0.3) is 5.91 Å². The van der Waals surface area contributed by atoms with Gasteiger partial charge in [-0.1, -0.05) is 41.5 Å². The van der Waals surface area contributed by atoms with E-state index in [-0.39, 0.29) is 17.6 Å². The Morgan fingerprint density at radius 1 is 0.980 bits per heavy atom. The van der Waals surface area contributed by atoms with E-state index in [9.17, 15) is 14.0 Å². The number of fused-ring (bicyclic) bond motifs is 6. The number of nitrogens with zero attached hydrogens (tertiary/aromatic N) is 3. The number of ether oxygens (including phenoxy) is 3. The number of esters is 1. The molecule has 6 rings (SSSR count). The lowest BCUT2D eigenvalue weighted by Crippen LogP contribution is -2.41. The number of benzene rings is 3. The molecule has 11 heteroatoms. The largest absolute Gasteiger partial charge is 0.489 e. The summed E-state index contributed by atoms with van der Waals surface area (Å²) in [4.78, 5) is 25.9. The average molecular weight is 686 g/mol. The molecule has 1 aliphatic rings. The van der Waals surface area contributed by atoms with Crippen LogP contribution in [0.2, 0.25) is 18.1 Å². The van der Waals surface area contributed by atoms with Crippen LogP contribution in [0.5, 0.6) is 11.5 Å². The third-order valence-corrected chi connectivity index (χ3v) is 14.2. The molecule has 0 spiro atoms. The van der Waals surface area contributed by atoms with Crippen molar-refractivity contribution in [1.82, 2.24) is 14.3 Å². The number of carbonyl (C=O) groups excluding carboxylic acids is 2. The van der Waals surface area contributed by atoms with Crippen LogP contribution in [0, 0.1) is 11.2 Å². The molecule has 1 aliphatic heterocycles. The number of halogens is 1. The van der Waals surface area contributed by atoms with E-state index < -0.39 is 31.6 Å². The second kappa shape index (κ2) is 12.1. The minimum atomic E-state index is -2.01. The van der Waals surface area contributed by atoms with E-state index >= 15 is 0 Å². The van der Waals surface area contributed by atoms with Crippen LogP contribution in [0.4, 0.5) is 4.39 Å². The highest BCUT2D eigenvalue weighted by Gasteiger charge is 2.37. The molecule has 0 saturated heterocycles. The Morgan fingerprint density at radius 2 is 1.71 bits per heavy atom. The van der Waals surface area contributed by atoms with Gasteiger partial charge in [0.15, 0.2) is 8.32 Å². The van der Waals surface area contributed by atoms with Gasteiger partial charge in [-0.2, -0.15) is 9.78 Å². The predicted molar refractivity (Wildman–Crippen MR) is 191 cm³/mol. The van der Waals surface area contributed by atoms with Crippen molar-refractivity contribution >= 4 is 42.0 Å². The Hall–Kier alpha value is -4.48. The molecule has 258 valence electrons. The summed E-state index contributed by atoms with van der Waals surface area (Å²) in [5.41, 5.74) is 4.25. The van der Waals surface area contributed by atoms with Crippen LogP contribution < -0.4 is 9.47 Å². The van der Waals surface area contributed by atoms with Crippen molar-refractivity contribution in [1.29, 1.82) is 0 Å². The van der Waals surface area contributed by atoms with Gasteiger partial charge in [0, 0.05) is 33.4 Å². The SMILES string of the molecule is COC(=O)c1ccc2c(c1)OC(C)c1c-2c2cc3c(cnn3C(=O)C(C)(C)C)cc2n1-c1ccc(F)cc1OCCO[Si](C)(C)C(C)(C)C. The molecule has 0 fully saturated rings. The molecule has 0 bridgehead atoms. The zero-order valence-electron chi connectivity index (χ0n) is 29.9. The van der Waals surface area contributed by atoms with Crippen LogP contribution >= 0.6 is 0 Å². The molecule has 3 heterocycles. The van der Waals surface area contributed by atoms with E-state index in [2.05, 4.69) is 39.0 Å². The summed E-state index contributed by atoms with van der Waals surface area (Å²) in [5.74, 6) is -0.145. The van der Waals surface area contributed by atoms with E-state index in [1.807, 2.05) is 50.5 Å². The third kappa shape index (κ3) is 6.03. The van der Waals surface area contributed by atoms with Gasteiger partial charge in [-0.05, 0) is 67.5 Å². The summed E-state index contributed by atoms with van der Waals surface area (Å²) < 4.78 is 42.4. The summed E-state index contributed by atoms with van der Waals surface area (Å²) in [6, 6.07) is 13.7. The van der Waals surface area contributed by atoms with Crippen molar-refractivity contribution in [2.24, 2.45) is 5.41 Å². The zero-order chi connectivity index (χ0) is 35.6. The second-order valence-electron chi connectivity index (χ2n) is 15.2. The monoisotopic (exact) mass is 685 g/mol. The standard InChI is InChI=1S/C38H44FN3O6Si/c1-22-34-33(26-13-11-23(35(43)45-8)18-31(26)48-22)27-20-29-24(21-40-42(29)36(44)37(2,3)4)17-30(27)41(34)28-14-12-25(39)19-32(28)46-15-16-47-49(9,10)38(5,6)7/h11-14,17-22H,15-16H2,1-10H3. The molecule has 2 aromatic heterocycles. The smallest absolute Gasteiger partial charge is 0.337 e. The molecular weight excluding hydrogens is 642 g/mol. The highest BCUT2D eigenvalue weighted by Crippen LogP contribution is 2.50. The summed E-state index contributed by atoms with van der Waals surface area (Å²) in [7, 11) is -0.675. The molecule has 9 nitrogen and oxygen atoms in total. The molecule has 1 unspecified atom stereocenters. The number of hydrogen-bond acceptors (Lipinski definition) is 7. The third-order valence-electron chi connectivity index (χ3n) is 9.66. The number of carbonyl (C=O) groups is 2. The molecule has 1 atom stereocenters. The van der Waals surface area contributed by atoms with Crippen LogP contribution in [0.1, 0.15) is 75.4 Å². The first-order chi connectivity index (χ1) is 22.9. The van der Waals surface area contributed by atoms with Crippen molar-refractivity contribution in [2.75, 3.05) is 20.3 Å². The topological polar surface area (TPSA) is 93.8 Å². The average Bonchev–Trinajstić information content (AvgIpc) is 3.59. The van der Waals surface area contributed by atoms with Gasteiger partial charge < -0.3 is 23.2 Å². The molecular formula is C38H44FN3O6Si. The van der Waals surface area contributed by atoms with Crippen molar-refractivity contribution in [3.05, 3.63) is 71.8 Å². The highest BCUT2D eigenvalue weighted by atomic mass is 28.4. The first-order valence-electron chi connectivity index (χ1n) is 16.5. The number of rotatable bonds is 7. The highest BCUT2D eigenvalue weighted by molar-refractivity contribution is 6.74. The number of hydrogen-bond donors (Lipinski definition) is 0.